The van der Waals surface area contributed by atoms with Gasteiger partial charge in [0.05, 0.1) is 6.61 Å². The molecule has 0 radical (unpaired) electrons. The smallest absolute Gasteiger partial charge is 0.330 e. The Labute approximate surface area is 99.5 Å². The second kappa shape index (κ2) is 9.40. The van der Waals surface area contributed by atoms with Crippen molar-refractivity contribution < 1.29 is 9.53 Å². The number of rotatable bonds is 9. The number of unbranched alkanes of at least 4 members (excludes halogenated alkanes) is 2. The van der Waals surface area contributed by atoms with Crippen LogP contribution < -0.4 is 0 Å². The van der Waals surface area contributed by atoms with E-state index in [1.807, 2.05) is 0 Å². The Morgan fingerprint density at radius 2 is 2.06 bits per heavy atom. The van der Waals surface area contributed by atoms with Gasteiger partial charge >= 0.3 is 5.97 Å². The van der Waals surface area contributed by atoms with Gasteiger partial charge in [0.25, 0.3) is 0 Å². The molecule has 0 aliphatic carbocycles. The van der Waals surface area contributed by atoms with Crippen LogP contribution in [0.15, 0.2) is 12.7 Å². The van der Waals surface area contributed by atoms with E-state index < -0.39 is 0 Å². The fourth-order valence-electron chi connectivity index (χ4n) is 1.65. The van der Waals surface area contributed by atoms with E-state index in [0.29, 0.717) is 12.6 Å². The lowest BCUT2D eigenvalue weighted by atomic mass is 10.1. The summed E-state index contributed by atoms with van der Waals surface area (Å²) in [5, 5.41) is 0. The van der Waals surface area contributed by atoms with Crippen LogP contribution >= 0.6 is 0 Å². The van der Waals surface area contributed by atoms with E-state index in [0.717, 1.165) is 6.42 Å². The van der Waals surface area contributed by atoms with Gasteiger partial charge < -0.3 is 9.64 Å². The summed E-state index contributed by atoms with van der Waals surface area (Å²) in [6.07, 6.45) is 7.04. The van der Waals surface area contributed by atoms with E-state index in [4.69, 9.17) is 4.74 Å². The first-order chi connectivity index (χ1) is 7.61. The van der Waals surface area contributed by atoms with E-state index in [2.05, 4.69) is 32.5 Å². The van der Waals surface area contributed by atoms with Crippen molar-refractivity contribution in [2.24, 2.45) is 0 Å². The summed E-state index contributed by atoms with van der Waals surface area (Å²) in [6, 6.07) is 0.504. The molecule has 3 heteroatoms. The Bertz CT molecular complexity index is 202. The van der Waals surface area contributed by atoms with Crippen LogP contribution in [0.5, 0.6) is 0 Å². The molecule has 0 heterocycles. The SMILES string of the molecule is C=CC(=O)OCCC(CCCCC)N(C)C. The summed E-state index contributed by atoms with van der Waals surface area (Å²) in [6.45, 7) is 6.06. The topological polar surface area (TPSA) is 29.5 Å². The molecule has 3 nitrogen and oxygen atoms in total. The number of esters is 1. The van der Waals surface area contributed by atoms with Crippen molar-refractivity contribution in [2.75, 3.05) is 20.7 Å². The van der Waals surface area contributed by atoms with Gasteiger partial charge in [0.2, 0.25) is 0 Å². The summed E-state index contributed by atoms with van der Waals surface area (Å²) >= 11 is 0. The second-order valence-electron chi connectivity index (χ2n) is 4.27. The van der Waals surface area contributed by atoms with Crippen molar-refractivity contribution in [1.82, 2.24) is 4.90 Å². The molecular formula is C13H25NO2. The van der Waals surface area contributed by atoms with Gasteiger partial charge in [-0.3, -0.25) is 0 Å². The first kappa shape index (κ1) is 15.2. The van der Waals surface area contributed by atoms with Gasteiger partial charge in [-0.15, -0.1) is 0 Å². The van der Waals surface area contributed by atoms with Crippen molar-refractivity contribution in [2.45, 2.75) is 45.1 Å². The number of nitrogens with zero attached hydrogens (tertiary/aromatic N) is 1. The molecule has 0 fully saturated rings. The zero-order valence-electron chi connectivity index (χ0n) is 10.9. The van der Waals surface area contributed by atoms with Crippen LogP contribution in [0.2, 0.25) is 0 Å². The van der Waals surface area contributed by atoms with Crippen LogP contribution in [0.3, 0.4) is 0 Å². The highest BCUT2D eigenvalue weighted by atomic mass is 16.5. The molecule has 0 spiro atoms. The standard InChI is InChI=1S/C13H25NO2/c1-5-7-8-9-12(14(3)4)10-11-16-13(15)6-2/h6,12H,2,5,7-11H2,1,3-4H3. The molecule has 0 aliphatic rings. The molecule has 0 saturated carbocycles. The van der Waals surface area contributed by atoms with Crippen LogP contribution in [0.1, 0.15) is 39.0 Å². The summed E-state index contributed by atoms with van der Waals surface area (Å²) in [7, 11) is 4.15. The van der Waals surface area contributed by atoms with Crippen molar-refractivity contribution >= 4 is 5.97 Å². The minimum atomic E-state index is -0.328. The predicted molar refractivity (Wildman–Crippen MR) is 67.4 cm³/mol. The van der Waals surface area contributed by atoms with E-state index >= 15 is 0 Å². The maximum Gasteiger partial charge on any atom is 0.330 e. The average Bonchev–Trinajstić information content (AvgIpc) is 2.26. The van der Waals surface area contributed by atoms with Gasteiger partial charge in [-0.2, -0.15) is 0 Å². The maximum atomic E-state index is 10.9. The lowest BCUT2D eigenvalue weighted by Crippen LogP contribution is -2.29. The van der Waals surface area contributed by atoms with Crippen molar-refractivity contribution in [3.63, 3.8) is 0 Å². The van der Waals surface area contributed by atoms with Crippen LogP contribution in [0, 0.1) is 0 Å². The zero-order valence-corrected chi connectivity index (χ0v) is 10.9. The summed E-state index contributed by atoms with van der Waals surface area (Å²) in [5.41, 5.74) is 0. The lowest BCUT2D eigenvalue weighted by Gasteiger charge is -2.24. The average molecular weight is 227 g/mol. The molecule has 0 aliphatic heterocycles. The molecule has 0 saturated heterocycles. The normalized spacial score (nSPS) is 12.5. The molecule has 0 N–H and O–H groups in total. The number of carbonyl (C=O) groups is 1. The van der Waals surface area contributed by atoms with Crippen LogP contribution in [0.4, 0.5) is 0 Å². The number of carbonyl (C=O) groups excluding carboxylic acids is 1. The molecule has 0 amide bonds. The third-order valence-electron chi connectivity index (χ3n) is 2.73. The molecule has 0 aromatic carbocycles. The largest absolute Gasteiger partial charge is 0.462 e. The van der Waals surface area contributed by atoms with Crippen molar-refractivity contribution in [3.05, 3.63) is 12.7 Å². The molecule has 0 aromatic rings. The summed E-state index contributed by atoms with van der Waals surface area (Å²) < 4.78 is 4.99. The molecule has 16 heavy (non-hydrogen) atoms. The van der Waals surface area contributed by atoms with Gasteiger partial charge in [-0.1, -0.05) is 32.8 Å². The summed E-state index contributed by atoms with van der Waals surface area (Å²) in [4.78, 5) is 13.1. The summed E-state index contributed by atoms with van der Waals surface area (Å²) in [5.74, 6) is -0.328. The monoisotopic (exact) mass is 227 g/mol. The highest BCUT2D eigenvalue weighted by Crippen LogP contribution is 2.11. The molecule has 1 unspecified atom stereocenters. The molecule has 1 atom stereocenters. The van der Waals surface area contributed by atoms with Gasteiger partial charge in [-0.25, -0.2) is 4.79 Å². The van der Waals surface area contributed by atoms with Crippen LogP contribution in [-0.4, -0.2) is 37.6 Å². The van der Waals surface area contributed by atoms with Gasteiger partial charge in [0.1, 0.15) is 0 Å². The van der Waals surface area contributed by atoms with Crippen molar-refractivity contribution in [3.8, 4) is 0 Å². The van der Waals surface area contributed by atoms with E-state index in [1.165, 1.54) is 31.8 Å². The molecular weight excluding hydrogens is 202 g/mol. The van der Waals surface area contributed by atoms with Crippen LogP contribution in [-0.2, 0) is 9.53 Å². The van der Waals surface area contributed by atoms with Crippen molar-refractivity contribution in [1.29, 1.82) is 0 Å². The zero-order chi connectivity index (χ0) is 12.4. The molecule has 94 valence electrons. The Hall–Kier alpha value is -0.830. The number of hydrogen-bond acceptors (Lipinski definition) is 3. The van der Waals surface area contributed by atoms with E-state index in [-0.39, 0.29) is 5.97 Å². The maximum absolute atomic E-state index is 10.9. The third-order valence-corrected chi connectivity index (χ3v) is 2.73. The Morgan fingerprint density at radius 3 is 2.56 bits per heavy atom. The predicted octanol–water partition coefficient (Wildman–Crippen LogP) is 2.62. The minimum Gasteiger partial charge on any atom is -0.462 e. The first-order valence-electron chi connectivity index (χ1n) is 6.07. The Kier molecular flexibility index (Phi) is 8.91. The molecule has 0 bridgehead atoms. The third kappa shape index (κ3) is 7.46. The highest BCUT2D eigenvalue weighted by Gasteiger charge is 2.11. The minimum absolute atomic E-state index is 0.328. The molecule has 0 aromatic heterocycles. The quantitative estimate of drug-likeness (QED) is 0.344. The van der Waals surface area contributed by atoms with Gasteiger partial charge in [0.15, 0.2) is 0 Å². The van der Waals surface area contributed by atoms with E-state index in [1.54, 1.807) is 0 Å². The second-order valence-corrected chi connectivity index (χ2v) is 4.27. The molecule has 0 rings (SSSR count). The number of ether oxygens (including phenoxy) is 1. The van der Waals surface area contributed by atoms with Gasteiger partial charge in [-0.05, 0) is 26.9 Å². The van der Waals surface area contributed by atoms with Crippen LogP contribution in [0.25, 0.3) is 0 Å². The fourth-order valence-corrected chi connectivity index (χ4v) is 1.65. The first-order valence-corrected chi connectivity index (χ1v) is 6.07. The van der Waals surface area contributed by atoms with Gasteiger partial charge in [0, 0.05) is 12.1 Å². The lowest BCUT2D eigenvalue weighted by molar-refractivity contribution is -0.138. The Balaban J connectivity index is 3.76. The highest BCUT2D eigenvalue weighted by molar-refractivity contribution is 5.81. The van der Waals surface area contributed by atoms with E-state index in [9.17, 15) is 4.79 Å². The number of hydrogen-bond donors (Lipinski definition) is 0. The fraction of sp³-hybridized carbons (Fsp3) is 0.769. The Morgan fingerprint density at radius 1 is 1.38 bits per heavy atom.